The lowest BCUT2D eigenvalue weighted by molar-refractivity contribution is -0.128. The maximum Gasteiger partial charge on any atom is 0.233 e. The molecule has 1 fully saturated rings. The number of carbonyl (C=O) groups is 1. The summed E-state index contributed by atoms with van der Waals surface area (Å²) in [5.74, 6) is 1.10. The van der Waals surface area contributed by atoms with Gasteiger partial charge in [0.2, 0.25) is 5.91 Å². The van der Waals surface area contributed by atoms with E-state index in [0.717, 1.165) is 46.0 Å². The van der Waals surface area contributed by atoms with Gasteiger partial charge in [0.05, 0.1) is 18.4 Å². The number of amides is 1. The molecule has 0 unspecified atom stereocenters. The molecule has 5 rings (SSSR count). The van der Waals surface area contributed by atoms with Crippen molar-refractivity contribution in [3.8, 4) is 5.75 Å². The van der Waals surface area contributed by atoms with Crippen LogP contribution >= 0.6 is 11.8 Å². The topological polar surface area (TPSA) is 50.6 Å². The summed E-state index contributed by atoms with van der Waals surface area (Å²) in [5.41, 5.74) is 3.22. The van der Waals surface area contributed by atoms with Gasteiger partial charge in [0.15, 0.2) is 0 Å². The Morgan fingerprint density at radius 3 is 2.46 bits per heavy atom. The van der Waals surface area contributed by atoms with Crippen molar-refractivity contribution >= 4 is 34.3 Å². The lowest BCUT2D eigenvalue weighted by Crippen LogP contribution is -2.49. The Labute approximate surface area is 208 Å². The Balaban J connectivity index is 1.18. The molecule has 1 aliphatic heterocycles. The number of nitrogens with zero attached hydrogens (tertiary/aromatic N) is 4. The summed E-state index contributed by atoms with van der Waals surface area (Å²) in [4.78, 5) is 21.7. The van der Waals surface area contributed by atoms with Crippen LogP contribution in [-0.4, -0.2) is 59.4 Å². The maximum absolute atomic E-state index is 13.2. The normalized spacial score (nSPS) is 13.9. The first-order valence-corrected chi connectivity index (χ1v) is 12.6. The van der Waals surface area contributed by atoms with E-state index < -0.39 is 0 Å². The van der Waals surface area contributed by atoms with Crippen molar-refractivity contribution in [3.05, 3.63) is 84.4 Å². The average Bonchev–Trinajstić information content (AvgIpc) is 3.32. The number of benzene rings is 2. The van der Waals surface area contributed by atoms with E-state index in [1.807, 2.05) is 35.4 Å². The van der Waals surface area contributed by atoms with E-state index in [1.54, 1.807) is 25.4 Å². The van der Waals surface area contributed by atoms with Gasteiger partial charge in [0.25, 0.3) is 0 Å². The highest BCUT2D eigenvalue weighted by molar-refractivity contribution is 8.00. The number of pyridine rings is 1. The Morgan fingerprint density at radius 1 is 1.00 bits per heavy atom. The van der Waals surface area contributed by atoms with Crippen molar-refractivity contribution in [2.24, 2.45) is 0 Å². The first kappa shape index (κ1) is 23.2. The van der Waals surface area contributed by atoms with Crippen LogP contribution < -0.4 is 9.64 Å². The fourth-order valence-electron chi connectivity index (χ4n) is 4.36. The van der Waals surface area contributed by atoms with Gasteiger partial charge in [-0.3, -0.25) is 4.79 Å². The quantitative estimate of drug-likeness (QED) is 0.352. The van der Waals surface area contributed by atoms with Crippen molar-refractivity contribution in [1.82, 2.24) is 14.5 Å². The molecule has 0 radical (unpaired) electrons. The summed E-state index contributed by atoms with van der Waals surface area (Å²) < 4.78 is 20.6. The molecule has 0 spiro atoms. The number of methoxy groups -OCH3 is 1. The van der Waals surface area contributed by atoms with E-state index in [0.29, 0.717) is 25.4 Å². The van der Waals surface area contributed by atoms with E-state index in [2.05, 4.69) is 26.6 Å². The predicted octanol–water partition coefficient (Wildman–Crippen LogP) is 4.67. The van der Waals surface area contributed by atoms with Gasteiger partial charge in [0.1, 0.15) is 16.6 Å². The van der Waals surface area contributed by atoms with Crippen molar-refractivity contribution < 1.29 is 13.9 Å². The van der Waals surface area contributed by atoms with Crippen LogP contribution in [0.5, 0.6) is 5.75 Å². The molecule has 6 nitrogen and oxygen atoms in total. The Hall–Kier alpha value is -3.52. The second-order valence-electron chi connectivity index (χ2n) is 8.47. The number of fused-ring (bicyclic) bond motifs is 1. The predicted molar refractivity (Wildman–Crippen MR) is 138 cm³/mol. The molecule has 1 aliphatic rings. The fraction of sp³-hybridized carbons (Fsp3) is 0.259. The molecule has 0 atom stereocenters. The summed E-state index contributed by atoms with van der Waals surface area (Å²) in [5, 5.41) is 1.88. The minimum Gasteiger partial charge on any atom is -0.497 e. The number of aromatic nitrogens is 2. The highest BCUT2D eigenvalue weighted by Gasteiger charge is 2.22. The number of thioether (sulfide) groups is 1. The van der Waals surface area contributed by atoms with Crippen molar-refractivity contribution in [1.29, 1.82) is 0 Å². The van der Waals surface area contributed by atoms with Gasteiger partial charge in [0, 0.05) is 56.2 Å². The number of hydrogen-bond acceptors (Lipinski definition) is 5. The van der Waals surface area contributed by atoms with E-state index in [9.17, 15) is 9.18 Å². The van der Waals surface area contributed by atoms with E-state index in [4.69, 9.17) is 4.74 Å². The minimum absolute atomic E-state index is 0.133. The summed E-state index contributed by atoms with van der Waals surface area (Å²) in [6.45, 7) is 3.68. The molecule has 2 aromatic heterocycles. The lowest BCUT2D eigenvalue weighted by Gasteiger charge is -2.36. The Morgan fingerprint density at radius 2 is 1.74 bits per heavy atom. The van der Waals surface area contributed by atoms with Gasteiger partial charge in [-0.05, 0) is 54.1 Å². The van der Waals surface area contributed by atoms with E-state index in [1.165, 1.54) is 23.9 Å². The van der Waals surface area contributed by atoms with Crippen LogP contribution in [0, 0.1) is 5.82 Å². The molecular weight excluding hydrogens is 463 g/mol. The van der Waals surface area contributed by atoms with Gasteiger partial charge in [-0.25, -0.2) is 9.37 Å². The molecule has 0 aliphatic carbocycles. The smallest absolute Gasteiger partial charge is 0.233 e. The molecule has 35 heavy (non-hydrogen) atoms. The number of anilines is 1. The monoisotopic (exact) mass is 490 g/mol. The minimum atomic E-state index is -0.235. The highest BCUT2D eigenvalue weighted by Crippen LogP contribution is 2.28. The number of ether oxygens (including phenoxy) is 1. The number of hydrogen-bond donors (Lipinski definition) is 0. The summed E-state index contributed by atoms with van der Waals surface area (Å²) in [7, 11) is 1.66. The van der Waals surface area contributed by atoms with Gasteiger partial charge < -0.3 is 19.1 Å². The summed E-state index contributed by atoms with van der Waals surface area (Å²) in [6, 6.07) is 18.6. The van der Waals surface area contributed by atoms with Gasteiger partial charge in [-0.15, -0.1) is 0 Å². The maximum atomic E-state index is 13.2. The molecule has 0 saturated carbocycles. The molecule has 0 bridgehead atoms. The van der Waals surface area contributed by atoms with Gasteiger partial charge in [-0.2, -0.15) is 0 Å². The number of halogens is 1. The SMILES string of the molecule is COc1ccc(N2CCN(C(=O)CSc3nccc4c3ccn4Cc3ccc(F)cc3)CC2)cc1. The summed E-state index contributed by atoms with van der Waals surface area (Å²) in [6.07, 6.45) is 3.80. The zero-order chi connectivity index (χ0) is 24.2. The molecule has 4 aromatic rings. The van der Waals surface area contributed by atoms with Crippen molar-refractivity contribution in [2.75, 3.05) is 43.9 Å². The average molecular weight is 491 g/mol. The Bertz CT molecular complexity index is 1300. The molecular formula is C27H27FN4O2S. The zero-order valence-corrected chi connectivity index (χ0v) is 20.4. The second kappa shape index (κ2) is 10.4. The molecule has 8 heteroatoms. The standard InChI is InChI=1S/C27H27FN4O2S/c1-34-23-8-6-22(7-9-23)30-14-16-31(17-15-30)26(33)19-35-27-24-11-13-32(25(24)10-12-29-27)18-20-2-4-21(28)5-3-20/h2-13H,14-19H2,1H3. The van der Waals surface area contributed by atoms with Crippen molar-refractivity contribution in [3.63, 3.8) is 0 Å². The largest absolute Gasteiger partial charge is 0.497 e. The molecule has 1 amide bonds. The fourth-order valence-corrected chi connectivity index (χ4v) is 5.27. The third-order valence-electron chi connectivity index (χ3n) is 6.33. The lowest BCUT2D eigenvalue weighted by atomic mass is 10.2. The Kier molecular flexibility index (Phi) is 6.90. The zero-order valence-electron chi connectivity index (χ0n) is 19.6. The van der Waals surface area contributed by atoms with Crippen LogP contribution in [0.15, 0.2) is 78.1 Å². The van der Waals surface area contributed by atoms with Gasteiger partial charge in [-0.1, -0.05) is 23.9 Å². The van der Waals surface area contributed by atoms with Crippen LogP contribution in [0.4, 0.5) is 10.1 Å². The van der Waals surface area contributed by atoms with Gasteiger partial charge >= 0.3 is 0 Å². The van der Waals surface area contributed by atoms with Crippen molar-refractivity contribution in [2.45, 2.75) is 11.6 Å². The van der Waals surface area contributed by atoms with E-state index >= 15 is 0 Å². The molecule has 180 valence electrons. The van der Waals surface area contributed by atoms with Crippen LogP contribution in [0.1, 0.15) is 5.56 Å². The second-order valence-corrected chi connectivity index (χ2v) is 9.44. The van der Waals surface area contributed by atoms with Crippen LogP contribution in [-0.2, 0) is 11.3 Å². The number of piperazine rings is 1. The van der Waals surface area contributed by atoms with Crippen LogP contribution in [0.25, 0.3) is 10.9 Å². The molecule has 0 N–H and O–H groups in total. The van der Waals surface area contributed by atoms with Crippen LogP contribution in [0.3, 0.4) is 0 Å². The van der Waals surface area contributed by atoms with E-state index in [-0.39, 0.29) is 11.7 Å². The van der Waals surface area contributed by atoms with Crippen LogP contribution in [0.2, 0.25) is 0 Å². The number of rotatable bonds is 7. The molecule has 1 saturated heterocycles. The third kappa shape index (κ3) is 5.27. The highest BCUT2D eigenvalue weighted by atomic mass is 32.2. The first-order chi connectivity index (χ1) is 17.1. The molecule has 2 aromatic carbocycles. The third-order valence-corrected chi connectivity index (χ3v) is 7.32. The number of carbonyl (C=O) groups excluding carboxylic acids is 1. The summed E-state index contributed by atoms with van der Waals surface area (Å²) >= 11 is 1.48. The molecule has 3 heterocycles. The first-order valence-electron chi connectivity index (χ1n) is 11.6.